The van der Waals surface area contributed by atoms with Gasteiger partial charge in [0.2, 0.25) is 11.7 Å². The van der Waals surface area contributed by atoms with E-state index in [1.165, 1.54) is 24.4 Å². The zero-order chi connectivity index (χ0) is 23.5. The van der Waals surface area contributed by atoms with Gasteiger partial charge in [-0.05, 0) is 37.5 Å². The number of benzene rings is 1. The largest absolute Gasteiger partial charge is 0.493 e. The predicted octanol–water partition coefficient (Wildman–Crippen LogP) is 3.71. The van der Waals surface area contributed by atoms with E-state index in [1.807, 2.05) is 0 Å². The summed E-state index contributed by atoms with van der Waals surface area (Å²) in [4.78, 5) is 28.3. The van der Waals surface area contributed by atoms with Crippen LogP contribution in [-0.4, -0.2) is 30.1 Å². The summed E-state index contributed by atoms with van der Waals surface area (Å²) in [7, 11) is 1.08. The van der Waals surface area contributed by atoms with Gasteiger partial charge in [0.25, 0.3) is 5.91 Å². The fourth-order valence-corrected chi connectivity index (χ4v) is 5.01. The van der Waals surface area contributed by atoms with E-state index < -0.39 is 65.0 Å². The molecule has 4 rings (SSSR count). The van der Waals surface area contributed by atoms with Crippen LogP contribution in [0.25, 0.3) is 0 Å². The second-order valence-corrected chi connectivity index (χ2v) is 8.18. The predicted molar refractivity (Wildman–Crippen MR) is 102 cm³/mol. The molecule has 2 aromatic rings. The first-order valence-electron chi connectivity index (χ1n) is 9.62. The Hall–Kier alpha value is -3.24. The molecule has 170 valence electrons. The Kier molecular flexibility index (Phi) is 4.90. The smallest absolute Gasteiger partial charge is 0.391 e. The summed E-state index contributed by atoms with van der Waals surface area (Å²) >= 11 is 0. The number of amides is 2. The van der Waals surface area contributed by atoms with Crippen molar-refractivity contribution in [1.29, 1.82) is 0 Å². The Bertz CT molecular complexity index is 1120. The van der Waals surface area contributed by atoms with Crippen LogP contribution in [0, 0.1) is 23.0 Å². The van der Waals surface area contributed by atoms with Crippen molar-refractivity contribution in [2.24, 2.45) is 17.1 Å². The van der Waals surface area contributed by atoms with E-state index in [0.29, 0.717) is 0 Å². The summed E-state index contributed by atoms with van der Waals surface area (Å²) in [6.45, 7) is 0. The highest BCUT2D eigenvalue weighted by molar-refractivity contribution is 6.01. The van der Waals surface area contributed by atoms with Gasteiger partial charge in [-0.25, -0.2) is 4.39 Å². The number of nitrogens with two attached hydrogens (primary N) is 1. The number of carbonyl (C=O) groups excluding carboxylic acids is 2. The second kappa shape index (κ2) is 7.14. The van der Waals surface area contributed by atoms with E-state index in [4.69, 9.17) is 10.5 Å². The number of fused-ring (bicyclic) bond motifs is 1. The summed E-state index contributed by atoms with van der Waals surface area (Å²) < 4.78 is 73.9. The fourth-order valence-electron chi connectivity index (χ4n) is 5.01. The molecule has 6 nitrogen and oxygen atoms in total. The third kappa shape index (κ3) is 3.18. The second-order valence-electron chi connectivity index (χ2n) is 8.18. The molecule has 0 spiro atoms. The summed E-state index contributed by atoms with van der Waals surface area (Å²) in [5.74, 6) is -6.42. The van der Waals surface area contributed by atoms with Crippen LogP contribution in [0.5, 0.6) is 5.75 Å². The summed E-state index contributed by atoms with van der Waals surface area (Å²) in [5, 5.41) is 2.53. The molecule has 2 unspecified atom stereocenters. The zero-order valence-corrected chi connectivity index (χ0v) is 16.7. The van der Waals surface area contributed by atoms with Gasteiger partial charge in [-0.15, -0.1) is 0 Å². The fraction of sp³-hybridized carbons (Fsp3) is 0.381. The molecule has 0 radical (unpaired) electrons. The molecule has 1 aromatic heterocycles. The van der Waals surface area contributed by atoms with Crippen LogP contribution in [0.4, 0.5) is 27.6 Å². The summed E-state index contributed by atoms with van der Waals surface area (Å²) in [6.07, 6.45) is -4.32. The molecule has 1 heterocycles. The molecular weight excluding hydrogens is 437 g/mol. The number of methoxy groups -OCH3 is 1. The molecule has 0 saturated heterocycles. The molecule has 32 heavy (non-hydrogen) atoms. The monoisotopic (exact) mass is 455 g/mol. The molecule has 0 aliphatic heterocycles. The van der Waals surface area contributed by atoms with Crippen LogP contribution in [-0.2, 0) is 10.2 Å². The van der Waals surface area contributed by atoms with Gasteiger partial charge < -0.3 is 15.8 Å². The van der Waals surface area contributed by atoms with E-state index in [-0.39, 0.29) is 23.4 Å². The van der Waals surface area contributed by atoms with Crippen molar-refractivity contribution in [3.05, 3.63) is 53.4 Å². The van der Waals surface area contributed by atoms with Crippen molar-refractivity contribution in [3.8, 4) is 5.75 Å². The minimum absolute atomic E-state index is 0.00755. The number of pyridine rings is 1. The van der Waals surface area contributed by atoms with Crippen LogP contribution in [0.15, 0.2) is 30.5 Å². The SMILES string of the molecule is COc1c(C23C[C@H](C(F)(F)F)CC2(C(=O)Nc2ccnc(C(N)=O)c2)C3)ccc(F)c1F. The van der Waals surface area contributed by atoms with Gasteiger partial charge in [-0.1, -0.05) is 6.07 Å². The summed E-state index contributed by atoms with van der Waals surface area (Å²) in [5.41, 5.74) is 2.29. The number of ether oxygens (including phenoxy) is 1. The number of nitrogens with zero attached hydrogens (tertiary/aromatic N) is 1. The number of alkyl halides is 3. The van der Waals surface area contributed by atoms with E-state index in [9.17, 15) is 31.5 Å². The number of rotatable bonds is 5. The van der Waals surface area contributed by atoms with Crippen LogP contribution in [0.2, 0.25) is 0 Å². The van der Waals surface area contributed by atoms with Gasteiger partial charge in [0.15, 0.2) is 11.6 Å². The number of anilines is 1. The van der Waals surface area contributed by atoms with E-state index in [0.717, 1.165) is 13.2 Å². The molecule has 3 N–H and O–H groups in total. The van der Waals surface area contributed by atoms with Crippen molar-refractivity contribution in [2.75, 3.05) is 12.4 Å². The number of hydrogen-bond donors (Lipinski definition) is 2. The average Bonchev–Trinajstić information content (AvgIpc) is 3.25. The average molecular weight is 455 g/mol. The first-order chi connectivity index (χ1) is 14.9. The number of nitrogens with one attached hydrogen (secondary N) is 1. The first-order valence-corrected chi connectivity index (χ1v) is 9.62. The van der Waals surface area contributed by atoms with Crippen LogP contribution >= 0.6 is 0 Å². The van der Waals surface area contributed by atoms with Gasteiger partial charge in [0, 0.05) is 22.9 Å². The molecule has 11 heteroatoms. The number of hydrogen-bond acceptors (Lipinski definition) is 4. The molecule has 2 amide bonds. The van der Waals surface area contributed by atoms with Gasteiger partial charge in [0.05, 0.1) is 18.4 Å². The van der Waals surface area contributed by atoms with Gasteiger partial charge in [-0.2, -0.15) is 17.6 Å². The van der Waals surface area contributed by atoms with Crippen molar-refractivity contribution in [2.45, 2.75) is 30.9 Å². The van der Waals surface area contributed by atoms with Crippen LogP contribution in [0.3, 0.4) is 0 Å². The Labute approximate surface area is 178 Å². The highest BCUT2D eigenvalue weighted by Crippen LogP contribution is 2.78. The van der Waals surface area contributed by atoms with Crippen molar-refractivity contribution in [3.63, 3.8) is 0 Å². The Morgan fingerprint density at radius 2 is 1.94 bits per heavy atom. The molecule has 1 aromatic carbocycles. The van der Waals surface area contributed by atoms with E-state index >= 15 is 0 Å². The van der Waals surface area contributed by atoms with E-state index in [1.54, 1.807) is 0 Å². The third-order valence-electron chi connectivity index (χ3n) is 6.52. The van der Waals surface area contributed by atoms with Crippen molar-refractivity contribution < 1.29 is 36.3 Å². The lowest BCUT2D eigenvalue weighted by Gasteiger charge is -2.22. The molecule has 2 saturated carbocycles. The Morgan fingerprint density at radius 1 is 1.22 bits per heavy atom. The van der Waals surface area contributed by atoms with E-state index in [2.05, 4.69) is 10.3 Å². The van der Waals surface area contributed by atoms with Crippen LogP contribution < -0.4 is 15.8 Å². The lowest BCUT2D eigenvalue weighted by atomic mass is 9.86. The zero-order valence-electron chi connectivity index (χ0n) is 16.7. The highest BCUT2D eigenvalue weighted by atomic mass is 19.4. The molecule has 2 fully saturated rings. The van der Waals surface area contributed by atoms with Gasteiger partial charge in [-0.3, -0.25) is 14.6 Å². The standard InChI is InChI=1S/C21H18F5N3O3/c1-32-16-12(2-3-13(22)15(16)23)19-7-10(21(24,25)26)8-20(19,9-19)18(31)29-11-4-5-28-14(6-11)17(27)30/h2-6,10H,7-9H2,1H3,(H2,27,30)(H,28,29,31)/t10-,19?,20?/m0/s1. The minimum Gasteiger partial charge on any atom is -0.493 e. The normalized spacial score (nSPS) is 26.4. The minimum atomic E-state index is -4.57. The maximum Gasteiger partial charge on any atom is 0.391 e. The topological polar surface area (TPSA) is 94.3 Å². The van der Waals surface area contributed by atoms with Gasteiger partial charge in [0.1, 0.15) is 5.69 Å². The van der Waals surface area contributed by atoms with Crippen LogP contribution in [0.1, 0.15) is 35.3 Å². The Morgan fingerprint density at radius 3 is 2.56 bits per heavy atom. The highest BCUT2D eigenvalue weighted by Gasteiger charge is 2.79. The number of primary amides is 1. The number of carbonyl (C=O) groups is 2. The molecular formula is C21H18F5N3O3. The number of halogens is 5. The molecule has 0 bridgehead atoms. The maximum atomic E-state index is 14.4. The van der Waals surface area contributed by atoms with Gasteiger partial charge >= 0.3 is 6.18 Å². The van der Waals surface area contributed by atoms with Crippen molar-refractivity contribution >= 4 is 17.5 Å². The lowest BCUT2D eigenvalue weighted by Crippen LogP contribution is -2.29. The molecule has 2 aliphatic carbocycles. The number of aromatic nitrogens is 1. The molecule has 2 aliphatic rings. The van der Waals surface area contributed by atoms with Crippen molar-refractivity contribution in [1.82, 2.24) is 4.98 Å². The molecule has 3 atom stereocenters. The summed E-state index contributed by atoms with van der Waals surface area (Å²) in [6, 6.07) is 4.54. The third-order valence-corrected chi connectivity index (χ3v) is 6.52. The lowest BCUT2D eigenvalue weighted by molar-refractivity contribution is -0.176. The Balaban J connectivity index is 1.75. The first kappa shape index (κ1) is 22.0. The quantitative estimate of drug-likeness (QED) is 0.673. The maximum absolute atomic E-state index is 14.4.